The van der Waals surface area contributed by atoms with Gasteiger partial charge in [0.15, 0.2) is 5.82 Å². The van der Waals surface area contributed by atoms with Crippen molar-refractivity contribution in [2.45, 2.75) is 18.9 Å². The number of hydrogen-bond donors (Lipinski definition) is 3. The second-order valence-electron chi connectivity index (χ2n) is 2.82. The molecule has 6 nitrogen and oxygen atoms in total. The first-order valence-corrected chi connectivity index (χ1v) is 3.26. The highest BCUT2D eigenvalue weighted by Gasteiger charge is 2.19. The lowest BCUT2D eigenvalue weighted by Gasteiger charge is -2.18. The normalized spacial score (nSPS) is 16.3. The van der Waals surface area contributed by atoms with Crippen LogP contribution in [0.1, 0.15) is 12.7 Å². The monoisotopic (exact) mass is 157 g/mol. The van der Waals surface area contributed by atoms with Crippen LogP contribution in [0.2, 0.25) is 0 Å². The molecule has 62 valence electrons. The number of nitrogens with one attached hydrogen (secondary N) is 1. The van der Waals surface area contributed by atoms with E-state index in [0.29, 0.717) is 12.2 Å². The second-order valence-corrected chi connectivity index (χ2v) is 2.82. The largest absolute Gasteiger partial charge is 0.394 e. The number of rotatable bonds is 3. The van der Waals surface area contributed by atoms with Gasteiger partial charge in [0.2, 0.25) is 0 Å². The number of aromatic nitrogens is 4. The van der Waals surface area contributed by atoms with E-state index in [0.717, 1.165) is 0 Å². The first-order chi connectivity index (χ1) is 5.14. The summed E-state index contributed by atoms with van der Waals surface area (Å²) in [4.78, 5) is 0. The Hall–Kier alpha value is -1.01. The van der Waals surface area contributed by atoms with E-state index in [9.17, 15) is 0 Å². The minimum atomic E-state index is -0.663. The fourth-order valence-corrected chi connectivity index (χ4v) is 0.675. The van der Waals surface area contributed by atoms with E-state index in [1.165, 1.54) is 0 Å². The van der Waals surface area contributed by atoms with Crippen LogP contribution in [-0.2, 0) is 6.42 Å². The summed E-state index contributed by atoms with van der Waals surface area (Å²) < 4.78 is 0. The van der Waals surface area contributed by atoms with Gasteiger partial charge in [-0.2, -0.15) is 5.21 Å². The van der Waals surface area contributed by atoms with Crippen LogP contribution in [0.15, 0.2) is 0 Å². The van der Waals surface area contributed by atoms with Gasteiger partial charge in [-0.05, 0) is 6.92 Å². The molecular weight excluding hydrogens is 146 g/mol. The van der Waals surface area contributed by atoms with E-state index < -0.39 is 5.54 Å². The molecule has 1 rings (SSSR count). The van der Waals surface area contributed by atoms with Crippen LogP contribution in [-0.4, -0.2) is 37.9 Å². The van der Waals surface area contributed by atoms with E-state index in [1.807, 2.05) is 0 Å². The minimum absolute atomic E-state index is 0.0957. The van der Waals surface area contributed by atoms with Gasteiger partial charge in [0.25, 0.3) is 0 Å². The lowest BCUT2D eigenvalue weighted by atomic mass is 10.0. The highest BCUT2D eigenvalue weighted by Crippen LogP contribution is 2.03. The average Bonchev–Trinajstić information content (AvgIpc) is 2.39. The summed E-state index contributed by atoms with van der Waals surface area (Å²) in [5, 5.41) is 21.9. The molecule has 1 atom stereocenters. The number of tetrazole rings is 1. The van der Waals surface area contributed by atoms with Crippen LogP contribution in [0.4, 0.5) is 0 Å². The Labute approximate surface area is 63.8 Å². The third kappa shape index (κ3) is 2.24. The average molecular weight is 157 g/mol. The standard InChI is InChI=1S/C5H11N5O/c1-5(6,3-11)2-4-7-9-10-8-4/h11H,2-3,6H2,1H3,(H,7,8,9,10). The Bertz CT molecular complexity index is 207. The van der Waals surface area contributed by atoms with E-state index in [-0.39, 0.29) is 6.61 Å². The first kappa shape index (κ1) is 8.09. The van der Waals surface area contributed by atoms with Crippen molar-refractivity contribution in [1.29, 1.82) is 0 Å². The maximum absolute atomic E-state index is 8.78. The van der Waals surface area contributed by atoms with Crippen molar-refractivity contribution in [3.63, 3.8) is 0 Å². The predicted octanol–water partition coefficient (Wildman–Crippen LogP) is -1.55. The number of H-pyrrole nitrogens is 1. The molecule has 0 radical (unpaired) electrons. The van der Waals surface area contributed by atoms with E-state index in [1.54, 1.807) is 6.92 Å². The number of aliphatic hydroxyl groups excluding tert-OH is 1. The third-order valence-electron chi connectivity index (χ3n) is 1.31. The van der Waals surface area contributed by atoms with Gasteiger partial charge in [-0.25, -0.2) is 0 Å². The number of aliphatic hydroxyl groups is 1. The van der Waals surface area contributed by atoms with Crippen LogP contribution in [0.3, 0.4) is 0 Å². The van der Waals surface area contributed by atoms with Crippen LogP contribution in [0, 0.1) is 0 Å². The summed E-state index contributed by atoms with van der Waals surface area (Å²) in [6.07, 6.45) is 0.417. The number of hydrogen-bond acceptors (Lipinski definition) is 5. The zero-order valence-corrected chi connectivity index (χ0v) is 6.28. The molecule has 1 unspecified atom stereocenters. The predicted molar refractivity (Wildman–Crippen MR) is 37.6 cm³/mol. The van der Waals surface area contributed by atoms with Crippen molar-refractivity contribution in [2.24, 2.45) is 5.73 Å². The Morgan fingerprint density at radius 2 is 2.45 bits per heavy atom. The van der Waals surface area contributed by atoms with Crippen molar-refractivity contribution in [3.05, 3.63) is 5.82 Å². The summed E-state index contributed by atoms with van der Waals surface area (Å²) in [5.41, 5.74) is 4.97. The fraction of sp³-hybridized carbons (Fsp3) is 0.800. The van der Waals surface area contributed by atoms with Gasteiger partial charge in [0.1, 0.15) is 0 Å². The molecule has 4 N–H and O–H groups in total. The zero-order chi connectivity index (χ0) is 8.32. The maximum Gasteiger partial charge on any atom is 0.176 e. The van der Waals surface area contributed by atoms with Crippen LogP contribution in [0.5, 0.6) is 0 Å². The smallest absolute Gasteiger partial charge is 0.176 e. The number of nitrogens with two attached hydrogens (primary N) is 1. The van der Waals surface area contributed by atoms with Gasteiger partial charge >= 0.3 is 0 Å². The first-order valence-electron chi connectivity index (χ1n) is 3.26. The fourth-order valence-electron chi connectivity index (χ4n) is 0.675. The molecule has 0 aliphatic carbocycles. The third-order valence-corrected chi connectivity index (χ3v) is 1.31. The molecule has 0 fully saturated rings. The van der Waals surface area contributed by atoms with Gasteiger partial charge in [0, 0.05) is 12.0 Å². The van der Waals surface area contributed by atoms with Crippen LogP contribution < -0.4 is 5.73 Å². The van der Waals surface area contributed by atoms with Crippen molar-refractivity contribution in [1.82, 2.24) is 20.6 Å². The van der Waals surface area contributed by atoms with Crippen molar-refractivity contribution < 1.29 is 5.11 Å². The molecule has 0 aromatic carbocycles. The van der Waals surface area contributed by atoms with E-state index >= 15 is 0 Å². The topological polar surface area (TPSA) is 101 Å². The summed E-state index contributed by atoms with van der Waals surface area (Å²) in [7, 11) is 0. The number of aromatic amines is 1. The zero-order valence-electron chi connectivity index (χ0n) is 6.28. The summed E-state index contributed by atoms with van der Waals surface area (Å²) in [6, 6.07) is 0. The summed E-state index contributed by atoms with van der Waals surface area (Å²) in [5.74, 6) is 0.518. The van der Waals surface area contributed by atoms with Gasteiger partial charge in [-0.3, -0.25) is 0 Å². The molecule has 0 aliphatic heterocycles. The number of nitrogens with zero attached hydrogens (tertiary/aromatic N) is 3. The molecule has 1 heterocycles. The molecule has 0 aliphatic rings. The highest BCUT2D eigenvalue weighted by molar-refractivity contribution is 4.90. The van der Waals surface area contributed by atoms with Crippen molar-refractivity contribution >= 4 is 0 Å². The van der Waals surface area contributed by atoms with Crippen molar-refractivity contribution in [3.8, 4) is 0 Å². The molecule has 6 heteroatoms. The lowest BCUT2D eigenvalue weighted by Crippen LogP contribution is -2.42. The van der Waals surface area contributed by atoms with Crippen LogP contribution in [0.25, 0.3) is 0 Å². The van der Waals surface area contributed by atoms with Gasteiger partial charge in [-0.15, -0.1) is 10.2 Å². The van der Waals surface area contributed by atoms with Gasteiger partial charge < -0.3 is 10.8 Å². The Morgan fingerprint density at radius 3 is 2.91 bits per heavy atom. The molecule has 0 spiro atoms. The molecule has 0 saturated heterocycles. The molecule has 1 aromatic heterocycles. The molecule has 0 bridgehead atoms. The lowest BCUT2D eigenvalue weighted by molar-refractivity contribution is 0.206. The highest BCUT2D eigenvalue weighted by atomic mass is 16.3. The summed E-state index contributed by atoms with van der Waals surface area (Å²) >= 11 is 0. The second kappa shape index (κ2) is 2.93. The Kier molecular flexibility index (Phi) is 2.16. The Balaban J connectivity index is 2.56. The SMILES string of the molecule is CC(N)(CO)Cc1nn[nH]n1. The Morgan fingerprint density at radius 1 is 1.73 bits per heavy atom. The molecule has 11 heavy (non-hydrogen) atoms. The molecule has 1 aromatic rings. The van der Waals surface area contributed by atoms with Crippen LogP contribution >= 0.6 is 0 Å². The van der Waals surface area contributed by atoms with Crippen molar-refractivity contribution in [2.75, 3.05) is 6.61 Å². The van der Waals surface area contributed by atoms with Gasteiger partial charge in [0.05, 0.1) is 6.61 Å². The van der Waals surface area contributed by atoms with E-state index in [4.69, 9.17) is 10.8 Å². The minimum Gasteiger partial charge on any atom is -0.394 e. The summed E-state index contributed by atoms with van der Waals surface area (Å²) in [6.45, 7) is 1.63. The molecule has 0 saturated carbocycles. The van der Waals surface area contributed by atoms with Gasteiger partial charge in [-0.1, -0.05) is 5.21 Å². The maximum atomic E-state index is 8.78. The molecule has 0 amide bonds. The quantitative estimate of drug-likeness (QED) is 0.493. The van der Waals surface area contributed by atoms with E-state index in [2.05, 4.69) is 20.6 Å². The molecular formula is C5H11N5O.